The summed E-state index contributed by atoms with van der Waals surface area (Å²) < 4.78 is 13.8. The maximum Gasteiger partial charge on any atom is 0.139 e. The largest absolute Gasteiger partial charge is 0.397 e. The second-order valence-electron chi connectivity index (χ2n) is 3.97. The molecule has 0 spiro atoms. The van der Waals surface area contributed by atoms with Gasteiger partial charge in [0.1, 0.15) is 5.82 Å². The van der Waals surface area contributed by atoms with Crippen LogP contribution in [0, 0.1) is 12.7 Å². The van der Waals surface area contributed by atoms with Crippen LogP contribution in [0.25, 0.3) is 0 Å². The third-order valence-corrected chi connectivity index (χ3v) is 3.26. The number of anilines is 2. The van der Waals surface area contributed by atoms with Crippen LogP contribution in [-0.4, -0.2) is 4.98 Å². The summed E-state index contributed by atoms with van der Waals surface area (Å²) in [6, 6.07) is 6.78. The van der Waals surface area contributed by atoms with Crippen molar-refractivity contribution in [2.24, 2.45) is 0 Å². The van der Waals surface area contributed by atoms with Gasteiger partial charge in [-0.1, -0.05) is 6.07 Å². The molecule has 0 aliphatic rings. The maximum absolute atomic E-state index is 13.4. The molecule has 1 heterocycles. The van der Waals surface area contributed by atoms with Gasteiger partial charge in [0.15, 0.2) is 0 Å². The van der Waals surface area contributed by atoms with Gasteiger partial charge in [-0.25, -0.2) is 4.39 Å². The summed E-state index contributed by atoms with van der Waals surface area (Å²) in [6.07, 6.45) is 1.73. The van der Waals surface area contributed by atoms with Crippen molar-refractivity contribution in [3.63, 3.8) is 0 Å². The monoisotopic (exact) mass is 309 g/mol. The van der Waals surface area contributed by atoms with Crippen molar-refractivity contribution in [1.29, 1.82) is 0 Å². The van der Waals surface area contributed by atoms with E-state index in [0.717, 1.165) is 11.3 Å². The third kappa shape index (κ3) is 2.79. The van der Waals surface area contributed by atoms with Gasteiger partial charge in [0.25, 0.3) is 0 Å². The van der Waals surface area contributed by atoms with E-state index >= 15 is 0 Å². The minimum Gasteiger partial charge on any atom is -0.397 e. The fraction of sp³-hybridized carbons (Fsp3) is 0.154. The zero-order valence-electron chi connectivity index (χ0n) is 9.87. The van der Waals surface area contributed by atoms with Crippen LogP contribution in [-0.2, 0) is 6.54 Å². The van der Waals surface area contributed by atoms with Crippen molar-refractivity contribution >= 4 is 27.3 Å². The highest BCUT2D eigenvalue weighted by Gasteiger charge is 2.06. The number of nitrogens with two attached hydrogens (primary N) is 1. The molecule has 5 heteroatoms. The smallest absolute Gasteiger partial charge is 0.139 e. The lowest BCUT2D eigenvalue weighted by Gasteiger charge is -2.11. The number of nitrogens with one attached hydrogen (secondary N) is 1. The Morgan fingerprint density at radius 2 is 2.22 bits per heavy atom. The van der Waals surface area contributed by atoms with Gasteiger partial charge in [-0.3, -0.25) is 4.98 Å². The maximum atomic E-state index is 13.4. The minimum atomic E-state index is -0.343. The van der Waals surface area contributed by atoms with E-state index in [4.69, 9.17) is 5.73 Å². The van der Waals surface area contributed by atoms with E-state index in [9.17, 15) is 4.39 Å². The Bertz CT molecular complexity index is 572. The number of aryl methyl sites for hydroxylation is 1. The molecule has 0 atom stereocenters. The highest BCUT2D eigenvalue weighted by Crippen LogP contribution is 2.26. The molecule has 3 nitrogen and oxygen atoms in total. The molecule has 0 aliphatic carbocycles. The lowest BCUT2D eigenvalue weighted by molar-refractivity contribution is 0.622. The van der Waals surface area contributed by atoms with Crippen molar-refractivity contribution in [3.8, 4) is 0 Å². The molecule has 2 rings (SSSR count). The number of benzene rings is 1. The van der Waals surface area contributed by atoms with E-state index in [1.807, 2.05) is 19.1 Å². The van der Waals surface area contributed by atoms with E-state index in [1.54, 1.807) is 12.3 Å². The second-order valence-corrected chi connectivity index (χ2v) is 4.83. The molecule has 94 valence electrons. The Labute approximate surface area is 113 Å². The Kier molecular flexibility index (Phi) is 3.81. The number of hydrogen-bond donors (Lipinski definition) is 2. The van der Waals surface area contributed by atoms with Crippen molar-refractivity contribution in [2.45, 2.75) is 13.5 Å². The summed E-state index contributed by atoms with van der Waals surface area (Å²) in [6.45, 7) is 2.49. The quantitative estimate of drug-likeness (QED) is 0.853. The van der Waals surface area contributed by atoms with E-state index < -0.39 is 0 Å². The van der Waals surface area contributed by atoms with Crippen molar-refractivity contribution in [3.05, 3.63) is 52.0 Å². The van der Waals surface area contributed by atoms with E-state index in [0.29, 0.717) is 22.4 Å². The van der Waals surface area contributed by atoms with Gasteiger partial charge in [0, 0.05) is 12.3 Å². The average molecular weight is 310 g/mol. The molecule has 0 bridgehead atoms. The van der Waals surface area contributed by atoms with Gasteiger partial charge in [-0.15, -0.1) is 0 Å². The number of rotatable bonds is 3. The average Bonchev–Trinajstić information content (AvgIpc) is 2.34. The van der Waals surface area contributed by atoms with Gasteiger partial charge in [0.05, 0.1) is 28.1 Å². The highest BCUT2D eigenvalue weighted by atomic mass is 79.9. The predicted molar refractivity (Wildman–Crippen MR) is 74.8 cm³/mol. The number of nitrogens with zero attached hydrogens (tertiary/aromatic N) is 1. The van der Waals surface area contributed by atoms with Gasteiger partial charge in [-0.05, 0) is 40.5 Å². The molecule has 0 unspecified atom stereocenters. The Balaban J connectivity index is 2.16. The van der Waals surface area contributed by atoms with Crippen LogP contribution in [0.15, 0.2) is 34.9 Å². The summed E-state index contributed by atoms with van der Waals surface area (Å²) in [4.78, 5) is 4.26. The van der Waals surface area contributed by atoms with Crippen LogP contribution in [0.3, 0.4) is 0 Å². The molecule has 0 radical (unpaired) electrons. The first-order valence-corrected chi connectivity index (χ1v) is 6.26. The molecule has 3 N–H and O–H groups in total. The lowest BCUT2D eigenvalue weighted by atomic mass is 10.2. The molecule has 0 amide bonds. The molecule has 0 aliphatic heterocycles. The molecule has 0 saturated heterocycles. The zero-order valence-corrected chi connectivity index (χ0v) is 11.5. The normalized spacial score (nSPS) is 10.4. The fourth-order valence-electron chi connectivity index (χ4n) is 1.60. The summed E-state index contributed by atoms with van der Waals surface area (Å²) in [7, 11) is 0. The van der Waals surface area contributed by atoms with Gasteiger partial charge >= 0.3 is 0 Å². The van der Waals surface area contributed by atoms with Crippen LogP contribution in [0.1, 0.15) is 11.3 Å². The van der Waals surface area contributed by atoms with Crippen molar-refractivity contribution in [1.82, 2.24) is 4.98 Å². The van der Waals surface area contributed by atoms with Crippen LogP contribution < -0.4 is 11.1 Å². The predicted octanol–water partition coefficient (Wildman–Crippen LogP) is 3.49. The molecule has 0 saturated carbocycles. The van der Waals surface area contributed by atoms with Crippen LogP contribution in [0.4, 0.5) is 15.8 Å². The first-order valence-electron chi connectivity index (χ1n) is 5.47. The molecule has 0 fully saturated rings. The second kappa shape index (κ2) is 5.35. The lowest BCUT2D eigenvalue weighted by Crippen LogP contribution is -2.06. The van der Waals surface area contributed by atoms with Crippen LogP contribution in [0.5, 0.6) is 0 Å². The molecular formula is C13H13BrFN3. The summed E-state index contributed by atoms with van der Waals surface area (Å²) in [5.74, 6) is -0.343. The highest BCUT2D eigenvalue weighted by molar-refractivity contribution is 9.10. The fourth-order valence-corrected chi connectivity index (χ4v) is 1.96. The Morgan fingerprint density at radius 1 is 1.44 bits per heavy atom. The minimum absolute atomic E-state index is 0.343. The van der Waals surface area contributed by atoms with Crippen molar-refractivity contribution in [2.75, 3.05) is 11.1 Å². The summed E-state index contributed by atoms with van der Waals surface area (Å²) in [5, 5.41) is 3.09. The number of halogens is 2. The van der Waals surface area contributed by atoms with E-state index in [-0.39, 0.29) is 5.82 Å². The first kappa shape index (κ1) is 12.8. The molecule has 1 aromatic carbocycles. The topological polar surface area (TPSA) is 50.9 Å². The standard InChI is InChI=1S/C13H13BrFN3/c1-8-3-2-4-17-13(8)7-18-12-6-10(15)9(14)5-11(12)16/h2-6,18H,7,16H2,1H3. The zero-order chi connectivity index (χ0) is 13.1. The third-order valence-electron chi connectivity index (χ3n) is 2.66. The van der Waals surface area contributed by atoms with Gasteiger partial charge < -0.3 is 11.1 Å². The molecule has 1 aromatic heterocycles. The summed E-state index contributed by atoms with van der Waals surface area (Å²) in [5.41, 5.74) is 8.88. The van der Waals surface area contributed by atoms with Gasteiger partial charge in [0.2, 0.25) is 0 Å². The Hall–Kier alpha value is -1.62. The Morgan fingerprint density at radius 3 is 2.94 bits per heavy atom. The number of aromatic nitrogens is 1. The summed E-state index contributed by atoms with van der Waals surface area (Å²) >= 11 is 3.09. The number of nitrogen functional groups attached to an aromatic ring is 1. The van der Waals surface area contributed by atoms with E-state index in [1.165, 1.54) is 6.07 Å². The number of pyridine rings is 1. The SMILES string of the molecule is Cc1cccnc1CNc1cc(F)c(Br)cc1N. The molecule has 2 aromatic rings. The van der Waals surface area contributed by atoms with Gasteiger partial charge in [-0.2, -0.15) is 0 Å². The van der Waals surface area contributed by atoms with Crippen molar-refractivity contribution < 1.29 is 4.39 Å². The molecule has 18 heavy (non-hydrogen) atoms. The van der Waals surface area contributed by atoms with E-state index in [2.05, 4.69) is 26.2 Å². The number of hydrogen-bond acceptors (Lipinski definition) is 3. The molecular weight excluding hydrogens is 297 g/mol. The first-order chi connectivity index (χ1) is 8.58. The van der Waals surface area contributed by atoms with Crippen LogP contribution in [0.2, 0.25) is 0 Å². The van der Waals surface area contributed by atoms with Crippen LogP contribution >= 0.6 is 15.9 Å².